The highest BCUT2D eigenvalue weighted by Gasteiger charge is 2.17. The van der Waals surface area contributed by atoms with Crippen LogP contribution < -0.4 is 10.4 Å². The molecule has 4 nitrogen and oxygen atoms in total. The maximum absolute atomic E-state index is 8.82. The molecule has 0 atom stereocenters. The predicted octanol–water partition coefficient (Wildman–Crippen LogP) is 2.28. The van der Waals surface area contributed by atoms with Crippen molar-refractivity contribution >= 4 is 23.0 Å². The summed E-state index contributed by atoms with van der Waals surface area (Å²) in [6, 6.07) is 3.70. The van der Waals surface area contributed by atoms with E-state index >= 15 is 0 Å². The SMILES string of the molecule is Cc1cc(N2CCN(C)CC2)c(Cl)cc1N=[N]. The molecule has 0 unspecified atom stereocenters. The van der Waals surface area contributed by atoms with E-state index in [0.717, 1.165) is 37.4 Å². The first-order valence-electron chi connectivity index (χ1n) is 5.70. The minimum Gasteiger partial charge on any atom is -0.368 e. The number of benzene rings is 1. The molecule has 1 radical (unpaired) electrons. The highest BCUT2D eigenvalue weighted by Crippen LogP contribution is 2.33. The van der Waals surface area contributed by atoms with E-state index in [4.69, 9.17) is 17.1 Å². The Morgan fingerprint density at radius 3 is 2.47 bits per heavy atom. The van der Waals surface area contributed by atoms with E-state index in [1.54, 1.807) is 6.07 Å². The zero-order valence-corrected chi connectivity index (χ0v) is 10.9. The van der Waals surface area contributed by atoms with Crippen LogP contribution in [0.25, 0.3) is 0 Å². The van der Waals surface area contributed by atoms with Crippen LogP contribution in [0.1, 0.15) is 5.56 Å². The van der Waals surface area contributed by atoms with Gasteiger partial charge in [0.15, 0.2) is 0 Å². The molecule has 0 amide bonds. The van der Waals surface area contributed by atoms with Gasteiger partial charge in [0.25, 0.3) is 0 Å². The number of rotatable bonds is 2. The normalized spacial score (nSPS) is 17.2. The molecular formula is C12H16ClN4. The third-order valence-electron chi connectivity index (χ3n) is 3.22. The second-order valence-corrected chi connectivity index (χ2v) is 4.89. The third kappa shape index (κ3) is 2.58. The lowest BCUT2D eigenvalue weighted by Crippen LogP contribution is -2.44. The van der Waals surface area contributed by atoms with Gasteiger partial charge in [-0.2, -0.15) is 0 Å². The van der Waals surface area contributed by atoms with Crippen molar-refractivity contribution in [3.63, 3.8) is 0 Å². The molecule has 1 fully saturated rings. The summed E-state index contributed by atoms with van der Waals surface area (Å²) in [5, 5.41) is 3.86. The van der Waals surface area contributed by atoms with Gasteiger partial charge in [-0.25, -0.2) is 0 Å². The molecule has 0 saturated carbocycles. The van der Waals surface area contributed by atoms with Gasteiger partial charge in [-0.1, -0.05) is 11.6 Å². The summed E-state index contributed by atoms with van der Waals surface area (Å²) in [6.07, 6.45) is 0. The van der Waals surface area contributed by atoms with Gasteiger partial charge in [-0.3, -0.25) is 0 Å². The molecule has 1 aliphatic rings. The van der Waals surface area contributed by atoms with Gasteiger partial charge in [0, 0.05) is 26.2 Å². The smallest absolute Gasteiger partial charge is 0.0921 e. The Bertz CT molecular complexity index is 425. The van der Waals surface area contributed by atoms with E-state index in [2.05, 4.69) is 22.0 Å². The van der Waals surface area contributed by atoms with Crippen molar-refractivity contribution in [1.29, 1.82) is 0 Å². The number of halogens is 1. The number of aryl methyl sites for hydroxylation is 1. The first kappa shape index (κ1) is 12.3. The number of nitrogens with zero attached hydrogens (tertiary/aromatic N) is 4. The van der Waals surface area contributed by atoms with Gasteiger partial charge >= 0.3 is 0 Å². The Hall–Kier alpha value is -1.13. The Labute approximate surface area is 107 Å². The molecule has 0 N–H and O–H groups in total. The molecule has 1 heterocycles. The van der Waals surface area contributed by atoms with Crippen LogP contribution in [0, 0.1) is 6.92 Å². The van der Waals surface area contributed by atoms with Crippen molar-refractivity contribution in [1.82, 2.24) is 10.4 Å². The van der Waals surface area contributed by atoms with Crippen molar-refractivity contribution in [3.05, 3.63) is 22.7 Å². The Morgan fingerprint density at radius 2 is 1.88 bits per heavy atom. The van der Waals surface area contributed by atoms with E-state index in [1.807, 2.05) is 13.0 Å². The lowest BCUT2D eigenvalue weighted by molar-refractivity contribution is 0.313. The lowest BCUT2D eigenvalue weighted by Gasteiger charge is -2.34. The number of hydrogen-bond acceptors (Lipinski definition) is 3. The largest absolute Gasteiger partial charge is 0.368 e. The number of anilines is 1. The summed E-state index contributed by atoms with van der Waals surface area (Å²) < 4.78 is 0. The van der Waals surface area contributed by atoms with Crippen molar-refractivity contribution in [3.8, 4) is 0 Å². The maximum Gasteiger partial charge on any atom is 0.0921 e. The average molecular weight is 252 g/mol. The maximum atomic E-state index is 8.82. The summed E-state index contributed by atoms with van der Waals surface area (Å²) >= 11 is 6.22. The molecule has 0 aromatic heterocycles. The second kappa shape index (κ2) is 5.02. The van der Waals surface area contributed by atoms with Crippen LogP contribution in [0.2, 0.25) is 5.02 Å². The van der Waals surface area contributed by atoms with Crippen LogP contribution in [-0.2, 0) is 0 Å². The van der Waals surface area contributed by atoms with Gasteiger partial charge in [-0.05, 0) is 37.2 Å². The van der Waals surface area contributed by atoms with Crippen molar-refractivity contribution in [2.24, 2.45) is 5.11 Å². The molecule has 17 heavy (non-hydrogen) atoms. The quantitative estimate of drug-likeness (QED) is 0.757. The molecule has 1 saturated heterocycles. The average Bonchev–Trinajstić information content (AvgIpc) is 2.33. The topological polar surface area (TPSA) is 41.1 Å². The van der Waals surface area contributed by atoms with Crippen LogP contribution in [0.5, 0.6) is 0 Å². The Balaban J connectivity index is 2.26. The summed E-state index contributed by atoms with van der Waals surface area (Å²) in [6.45, 7) is 5.96. The fraction of sp³-hybridized carbons (Fsp3) is 0.500. The van der Waals surface area contributed by atoms with Crippen LogP contribution in [0.15, 0.2) is 17.2 Å². The van der Waals surface area contributed by atoms with Crippen LogP contribution in [0.3, 0.4) is 0 Å². The molecule has 91 valence electrons. The Morgan fingerprint density at radius 1 is 1.24 bits per heavy atom. The summed E-state index contributed by atoms with van der Waals surface area (Å²) in [5.41, 5.74) is 11.3. The number of hydrogen-bond donors (Lipinski definition) is 0. The summed E-state index contributed by atoms with van der Waals surface area (Å²) in [5.74, 6) is 0. The number of likely N-dealkylation sites (N-methyl/N-ethyl adjacent to an activating group) is 1. The first-order valence-corrected chi connectivity index (χ1v) is 6.08. The van der Waals surface area contributed by atoms with Gasteiger partial charge in [0.2, 0.25) is 0 Å². The van der Waals surface area contributed by atoms with Crippen LogP contribution >= 0.6 is 11.6 Å². The van der Waals surface area contributed by atoms with Gasteiger partial charge in [0.05, 0.1) is 16.4 Å². The second-order valence-electron chi connectivity index (χ2n) is 4.48. The molecule has 5 heteroatoms. The molecule has 0 spiro atoms. The zero-order chi connectivity index (χ0) is 12.4. The summed E-state index contributed by atoms with van der Waals surface area (Å²) in [4.78, 5) is 4.57. The lowest BCUT2D eigenvalue weighted by atomic mass is 10.1. The zero-order valence-electron chi connectivity index (χ0n) is 10.1. The molecule has 1 aliphatic heterocycles. The molecule has 0 bridgehead atoms. The molecule has 0 aliphatic carbocycles. The fourth-order valence-electron chi connectivity index (χ4n) is 2.05. The van der Waals surface area contributed by atoms with Gasteiger partial charge in [-0.15, -0.1) is 5.11 Å². The molecular weight excluding hydrogens is 236 g/mol. The van der Waals surface area contributed by atoms with E-state index in [1.165, 1.54) is 0 Å². The van der Waals surface area contributed by atoms with Crippen molar-refractivity contribution < 1.29 is 0 Å². The highest BCUT2D eigenvalue weighted by molar-refractivity contribution is 6.33. The van der Waals surface area contributed by atoms with E-state index in [9.17, 15) is 0 Å². The monoisotopic (exact) mass is 251 g/mol. The molecule has 1 aromatic carbocycles. The highest BCUT2D eigenvalue weighted by atomic mass is 35.5. The van der Waals surface area contributed by atoms with E-state index < -0.39 is 0 Å². The fourth-order valence-corrected chi connectivity index (χ4v) is 2.33. The molecule has 2 rings (SSSR count). The van der Waals surface area contributed by atoms with E-state index in [0.29, 0.717) is 10.7 Å². The van der Waals surface area contributed by atoms with E-state index in [-0.39, 0.29) is 0 Å². The molecule has 1 aromatic rings. The minimum atomic E-state index is 0.535. The third-order valence-corrected chi connectivity index (χ3v) is 3.52. The minimum absolute atomic E-state index is 0.535. The van der Waals surface area contributed by atoms with Gasteiger partial charge < -0.3 is 9.80 Å². The number of piperazine rings is 1. The van der Waals surface area contributed by atoms with Crippen LogP contribution in [-0.4, -0.2) is 38.1 Å². The van der Waals surface area contributed by atoms with Crippen molar-refractivity contribution in [2.75, 3.05) is 38.1 Å². The van der Waals surface area contributed by atoms with Gasteiger partial charge in [0.1, 0.15) is 0 Å². The van der Waals surface area contributed by atoms with Crippen LogP contribution in [0.4, 0.5) is 11.4 Å². The van der Waals surface area contributed by atoms with Crippen molar-refractivity contribution in [2.45, 2.75) is 6.92 Å². The predicted molar refractivity (Wildman–Crippen MR) is 70.1 cm³/mol. The summed E-state index contributed by atoms with van der Waals surface area (Å²) in [7, 11) is 2.12. The Kier molecular flexibility index (Phi) is 3.64. The standard InChI is InChI=1S/C12H16ClN4/c1-9-7-12(10(13)8-11(9)15-14)17-5-3-16(2)4-6-17/h7-8H,3-6H2,1-2H3. The first-order chi connectivity index (χ1) is 8.11.